The summed E-state index contributed by atoms with van der Waals surface area (Å²) in [5.74, 6) is -0.548. The van der Waals surface area contributed by atoms with Crippen LogP contribution in [0.2, 0.25) is 0 Å². The molecule has 0 N–H and O–H groups in total. The number of hydrogen-bond acceptors (Lipinski definition) is 3. The van der Waals surface area contributed by atoms with Crippen LogP contribution in [-0.4, -0.2) is 11.3 Å². The molecule has 0 amide bonds. The molecule has 0 unspecified atom stereocenters. The smallest absolute Gasteiger partial charge is 0.388 e. The van der Waals surface area contributed by atoms with Crippen LogP contribution in [0.15, 0.2) is 12.3 Å². The Labute approximate surface area is 97.0 Å². The van der Waals surface area contributed by atoms with E-state index in [1.54, 1.807) is 0 Å². The molecule has 1 rings (SSSR count). The highest BCUT2D eigenvalue weighted by molar-refractivity contribution is 14.1. The molecular formula is C8H4F3IN2O. The highest BCUT2D eigenvalue weighted by Gasteiger charge is 2.31. The van der Waals surface area contributed by atoms with Gasteiger partial charge in [-0.25, -0.2) is 4.98 Å². The number of hydrogen-bond donors (Lipinski definition) is 0. The predicted octanol–water partition coefficient (Wildman–Crippen LogP) is 2.65. The van der Waals surface area contributed by atoms with Crippen molar-refractivity contribution in [3.8, 4) is 11.9 Å². The number of alkyl halides is 3. The van der Waals surface area contributed by atoms with Gasteiger partial charge in [0.25, 0.3) is 0 Å². The Morgan fingerprint density at radius 2 is 2.20 bits per heavy atom. The number of rotatable bonds is 2. The highest BCUT2D eigenvalue weighted by Crippen LogP contribution is 2.23. The van der Waals surface area contributed by atoms with Crippen molar-refractivity contribution in [1.29, 1.82) is 5.26 Å². The summed E-state index contributed by atoms with van der Waals surface area (Å²) in [5.41, 5.74) is 0.465. The van der Waals surface area contributed by atoms with Crippen molar-refractivity contribution >= 4 is 22.6 Å². The molecule has 0 spiro atoms. The van der Waals surface area contributed by atoms with Crippen LogP contribution in [-0.2, 0) is 6.42 Å². The summed E-state index contributed by atoms with van der Waals surface area (Å²) in [6, 6.07) is 2.96. The van der Waals surface area contributed by atoms with Crippen molar-refractivity contribution in [3.63, 3.8) is 0 Å². The lowest BCUT2D eigenvalue weighted by Gasteiger charge is -2.08. The summed E-state index contributed by atoms with van der Waals surface area (Å²) < 4.78 is 39.7. The first kappa shape index (κ1) is 12.0. The summed E-state index contributed by atoms with van der Waals surface area (Å²) in [6.45, 7) is 0. The van der Waals surface area contributed by atoms with Gasteiger partial charge in [0.05, 0.1) is 12.5 Å². The van der Waals surface area contributed by atoms with Crippen molar-refractivity contribution in [2.24, 2.45) is 0 Å². The second-order valence-corrected chi connectivity index (χ2v) is 3.66. The number of nitrogens with zero attached hydrogens (tertiary/aromatic N) is 2. The topological polar surface area (TPSA) is 45.9 Å². The molecule has 0 aliphatic heterocycles. The second kappa shape index (κ2) is 4.65. The SMILES string of the molecule is N#CCc1cc(OC(F)(F)F)ncc1I. The molecule has 3 nitrogen and oxygen atoms in total. The zero-order valence-corrected chi connectivity index (χ0v) is 9.33. The van der Waals surface area contributed by atoms with Gasteiger partial charge in [-0.05, 0) is 28.2 Å². The third-order valence-electron chi connectivity index (χ3n) is 1.40. The molecular weight excluding hydrogens is 324 g/mol. The Morgan fingerprint density at radius 1 is 1.53 bits per heavy atom. The van der Waals surface area contributed by atoms with E-state index in [0.717, 1.165) is 6.07 Å². The van der Waals surface area contributed by atoms with Crippen LogP contribution in [0.25, 0.3) is 0 Å². The van der Waals surface area contributed by atoms with Crippen LogP contribution in [0.5, 0.6) is 5.88 Å². The first-order chi connectivity index (χ1) is 6.92. The molecule has 0 aliphatic rings. The zero-order chi connectivity index (χ0) is 11.5. The molecule has 0 saturated heterocycles. The first-order valence-corrected chi connectivity index (χ1v) is 4.77. The van der Waals surface area contributed by atoms with Crippen LogP contribution < -0.4 is 4.74 Å². The fourth-order valence-electron chi connectivity index (χ4n) is 0.853. The normalized spacial score (nSPS) is 10.9. The molecule has 7 heteroatoms. The predicted molar refractivity (Wildman–Crippen MR) is 53.0 cm³/mol. The standard InChI is InChI=1S/C8H4F3IN2O/c9-8(10,11)15-7-3-5(1-2-13)6(12)4-14-7/h3-4H,1H2. The van der Waals surface area contributed by atoms with Crippen molar-refractivity contribution in [3.05, 3.63) is 21.4 Å². The summed E-state index contributed by atoms with van der Waals surface area (Å²) >= 11 is 1.89. The average molecular weight is 328 g/mol. The first-order valence-electron chi connectivity index (χ1n) is 3.69. The molecule has 0 aliphatic carbocycles. The van der Waals surface area contributed by atoms with Gasteiger partial charge in [0.1, 0.15) is 0 Å². The monoisotopic (exact) mass is 328 g/mol. The Balaban J connectivity index is 2.93. The van der Waals surface area contributed by atoms with Gasteiger partial charge in [-0.15, -0.1) is 13.2 Å². The molecule has 1 heterocycles. The van der Waals surface area contributed by atoms with E-state index in [4.69, 9.17) is 5.26 Å². The maximum Gasteiger partial charge on any atom is 0.574 e. The maximum absolute atomic E-state index is 11.8. The molecule has 0 atom stereocenters. The average Bonchev–Trinajstić information content (AvgIpc) is 2.09. The third kappa shape index (κ3) is 3.91. The largest absolute Gasteiger partial charge is 0.574 e. The zero-order valence-electron chi connectivity index (χ0n) is 7.18. The van der Waals surface area contributed by atoms with Gasteiger partial charge >= 0.3 is 6.36 Å². The molecule has 0 radical (unpaired) electrons. The van der Waals surface area contributed by atoms with Crippen LogP contribution in [0.1, 0.15) is 5.56 Å². The minimum absolute atomic E-state index is 0.0228. The van der Waals surface area contributed by atoms with Crippen LogP contribution in [0.4, 0.5) is 13.2 Å². The van der Waals surface area contributed by atoms with E-state index >= 15 is 0 Å². The van der Waals surface area contributed by atoms with E-state index in [9.17, 15) is 13.2 Å². The van der Waals surface area contributed by atoms with Crippen LogP contribution in [0, 0.1) is 14.9 Å². The van der Waals surface area contributed by atoms with Gasteiger partial charge in [0.15, 0.2) is 0 Å². The number of halogens is 4. The number of ether oxygens (including phenoxy) is 1. The molecule has 1 aromatic rings. The van der Waals surface area contributed by atoms with E-state index in [0.29, 0.717) is 9.13 Å². The van der Waals surface area contributed by atoms with Gasteiger partial charge < -0.3 is 4.74 Å². The maximum atomic E-state index is 11.8. The summed E-state index contributed by atoms with van der Waals surface area (Å²) in [4.78, 5) is 3.45. The molecule has 1 aromatic heterocycles. The quantitative estimate of drug-likeness (QED) is 0.784. The minimum atomic E-state index is -4.76. The van der Waals surface area contributed by atoms with Crippen molar-refractivity contribution in [2.75, 3.05) is 0 Å². The molecule has 0 saturated carbocycles. The van der Waals surface area contributed by atoms with Crippen LogP contribution in [0.3, 0.4) is 0 Å². The Morgan fingerprint density at radius 3 is 2.73 bits per heavy atom. The lowest BCUT2D eigenvalue weighted by molar-refractivity contribution is -0.276. The van der Waals surface area contributed by atoms with Gasteiger partial charge in [-0.1, -0.05) is 0 Å². The second-order valence-electron chi connectivity index (χ2n) is 2.50. The fraction of sp³-hybridized carbons (Fsp3) is 0.250. The number of aromatic nitrogens is 1. The molecule has 0 aromatic carbocycles. The Kier molecular flexibility index (Phi) is 3.73. The van der Waals surface area contributed by atoms with E-state index in [1.165, 1.54) is 6.20 Å². The van der Waals surface area contributed by atoms with E-state index < -0.39 is 12.2 Å². The Hall–Kier alpha value is -1.04. The van der Waals surface area contributed by atoms with E-state index in [-0.39, 0.29) is 6.42 Å². The van der Waals surface area contributed by atoms with Gasteiger partial charge in [-0.3, -0.25) is 0 Å². The molecule has 0 bridgehead atoms. The molecule has 15 heavy (non-hydrogen) atoms. The number of nitriles is 1. The van der Waals surface area contributed by atoms with Crippen molar-refractivity contribution < 1.29 is 17.9 Å². The third-order valence-corrected chi connectivity index (χ3v) is 2.37. The summed E-state index contributed by atoms with van der Waals surface area (Å²) in [6.07, 6.45) is -3.51. The van der Waals surface area contributed by atoms with Gasteiger partial charge in [0.2, 0.25) is 5.88 Å². The molecule has 0 fully saturated rings. The van der Waals surface area contributed by atoms with Gasteiger partial charge in [0, 0.05) is 15.8 Å². The number of pyridine rings is 1. The van der Waals surface area contributed by atoms with Crippen molar-refractivity contribution in [2.45, 2.75) is 12.8 Å². The van der Waals surface area contributed by atoms with Gasteiger partial charge in [-0.2, -0.15) is 5.26 Å². The van der Waals surface area contributed by atoms with E-state index in [1.807, 2.05) is 28.7 Å². The lowest BCUT2D eigenvalue weighted by Crippen LogP contribution is -2.18. The Bertz CT molecular complexity index is 400. The van der Waals surface area contributed by atoms with Crippen molar-refractivity contribution in [1.82, 2.24) is 4.98 Å². The minimum Gasteiger partial charge on any atom is -0.388 e. The highest BCUT2D eigenvalue weighted by atomic mass is 127. The van der Waals surface area contributed by atoms with E-state index in [2.05, 4.69) is 9.72 Å². The van der Waals surface area contributed by atoms with Crippen LogP contribution >= 0.6 is 22.6 Å². The summed E-state index contributed by atoms with van der Waals surface area (Å²) in [5, 5.41) is 8.43. The lowest BCUT2D eigenvalue weighted by atomic mass is 10.2. The summed E-state index contributed by atoms with van der Waals surface area (Å²) in [7, 11) is 0. The fourth-order valence-corrected chi connectivity index (χ4v) is 1.34. The molecule has 80 valence electrons.